The van der Waals surface area contributed by atoms with E-state index < -0.39 is 77.8 Å². The maximum Gasteiger partial charge on any atom is 0.450 e. The van der Waals surface area contributed by atoms with Gasteiger partial charge >= 0.3 is 12.5 Å². The summed E-state index contributed by atoms with van der Waals surface area (Å²) in [6.45, 7) is 19.6. The third-order valence-corrected chi connectivity index (χ3v) is 18.8. The van der Waals surface area contributed by atoms with Crippen LogP contribution in [-0.4, -0.2) is 172 Å². The van der Waals surface area contributed by atoms with Crippen LogP contribution in [0.5, 0.6) is 0 Å². The fourth-order valence-corrected chi connectivity index (χ4v) is 12.2. The number of aromatic nitrogens is 12. The molecule has 597 valence electrons. The molecule has 11 N–H and O–H groups in total. The van der Waals surface area contributed by atoms with Gasteiger partial charge in [-0.1, -0.05) is 162 Å². The zero-order valence-corrected chi connectivity index (χ0v) is 66.6. The van der Waals surface area contributed by atoms with E-state index in [0.29, 0.717) is 44.1 Å². The summed E-state index contributed by atoms with van der Waals surface area (Å²) in [7, 11) is -0.701. The van der Waals surface area contributed by atoms with E-state index in [0.717, 1.165) is 28.7 Å². The number of rotatable bonds is 19. The molecule has 2 unspecified atom stereocenters. The Morgan fingerprint density at radius 2 is 0.938 bits per heavy atom. The molecule has 12 atom stereocenters. The van der Waals surface area contributed by atoms with Crippen molar-refractivity contribution < 1.29 is 72.2 Å². The molecule has 3 fully saturated rings. The number of aliphatic hydroxyl groups is 5. The lowest BCUT2D eigenvalue weighted by atomic mass is 9.75. The number of aliphatic hydroxyl groups excluding tert-OH is 3. The Bertz CT molecular complexity index is 4660. The van der Waals surface area contributed by atoms with Gasteiger partial charge < -0.3 is 80.2 Å². The molecule has 6 aromatic heterocycles. The molecule has 1 radical (unpaired) electrons. The number of ether oxygens (including phenoxy) is 7. The lowest BCUT2D eigenvalue weighted by Crippen LogP contribution is -2.55. The summed E-state index contributed by atoms with van der Waals surface area (Å²) in [5.41, 5.74) is 17.8. The highest BCUT2D eigenvalue weighted by atomic mass is 35.6. The monoisotopic (exact) mass is 1620 g/mol. The summed E-state index contributed by atoms with van der Waals surface area (Å²) in [4.78, 5) is 23.8. The molecule has 10 aromatic rings. The Morgan fingerprint density at radius 1 is 0.580 bits per heavy atom. The van der Waals surface area contributed by atoms with Crippen molar-refractivity contribution in [2.45, 2.75) is 172 Å². The molecule has 0 spiro atoms. The highest BCUT2D eigenvalue weighted by Crippen LogP contribution is 2.54. The SMILES string of the molecule is CCO.CC[B]F.CC[C@H]1OC(C#N)(c2cnc3c(N)ncnn23)[C@](C)(OCc2ccccc2)[C@@H]1C.C[C@@]1(O)[C@H](O)[C@@H](CO)O[C@@]1(C#N)c1cnc2c(N)ncnn12.C[C@@]1(OCc2ccccc2)[C@H](OCc2ccccc2)[C@@H](COCc2ccccc2)OC1(O)c1cnc2c(N)ncnn12.C[Si](C)(C)C#N.ClB(Cl)Cl.FF. The van der Waals surface area contributed by atoms with Gasteiger partial charge in [0, 0.05) is 27.4 Å². The van der Waals surface area contributed by atoms with Gasteiger partial charge in [-0.3, -0.25) is 0 Å². The molecule has 0 amide bonds. The Morgan fingerprint density at radius 3 is 1.30 bits per heavy atom. The molecule has 0 bridgehead atoms. The van der Waals surface area contributed by atoms with Crippen molar-refractivity contribution in [3.63, 3.8) is 0 Å². The van der Waals surface area contributed by atoms with Crippen LogP contribution < -0.4 is 17.2 Å². The molecule has 4 aromatic carbocycles. The first-order valence-corrected chi connectivity index (χ1v) is 39.8. The smallest absolute Gasteiger partial charge is 0.397 e. The maximum atomic E-state index is 12.5. The Kier molecular flexibility index (Phi) is 34.6. The molecule has 39 heteroatoms. The van der Waals surface area contributed by atoms with Gasteiger partial charge in [-0.25, -0.2) is 48.7 Å². The molecule has 3 aliphatic rings. The lowest BCUT2D eigenvalue weighted by Gasteiger charge is -2.39. The van der Waals surface area contributed by atoms with Crippen LogP contribution in [-0.2, 0) is 76.6 Å². The van der Waals surface area contributed by atoms with Crippen LogP contribution in [0, 0.1) is 39.5 Å². The summed E-state index contributed by atoms with van der Waals surface area (Å²) in [6.07, 6.45) is 5.20. The van der Waals surface area contributed by atoms with Crippen molar-refractivity contribution in [2.24, 2.45) is 5.92 Å². The number of nitrogens with two attached hydrogens (primary N) is 3. The molecule has 0 saturated carbocycles. The number of fused-ring (bicyclic) bond motifs is 3. The quantitative estimate of drug-likeness (QED) is 0.0349. The minimum absolute atomic E-state index is 0.0411. The Balaban J connectivity index is 0.000000243. The Labute approximate surface area is 663 Å². The van der Waals surface area contributed by atoms with Crippen LogP contribution in [0.3, 0.4) is 0 Å². The van der Waals surface area contributed by atoms with Gasteiger partial charge in [0.15, 0.2) is 48.1 Å². The summed E-state index contributed by atoms with van der Waals surface area (Å²) in [5, 5.41) is 91.0. The van der Waals surface area contributed by atoms with E-state index in [1.807, 2.05) is 161 Å². The molecule has 13 rings (SSSR count). The molecule has 30 nitrogen and oxygen atoms in total. The van der Waals surface area contributed by atoms with Gasteiger partial charge in [0.25, 0.3) is 0 Å². The van der Waals surface area contributed by atoms with Gasteiger partial charge in [-0.2, -0.15) is 60.2 Å². The van der Waals surface area contributed by atoms with Crippen molar-refractivity contribution in [1.82, 2.24) is 58.7 Å². The number of halogens is 6. The molecular formula is C73H91B2Cl3F3N18O12Si. The summed E-state index contributed by atoms with van der Waals surface area (Å²) in [5.74, 6) is -1.59. The van der Waals surface area contributed by atoms with Crippen LogP contribution in [0.2, 0.25) is 26.0 Å². The third kappa shape index (κ3) is 21.0. The molecule has 112 heavy (non-hydrogen) atoms. The number of benzene rings is 4. The first-order chi connectivity index (χ1) is 53.4. The highest BCUT2D eigenvalue weighted by Gasteiger charge is 2.69. The number of nitrogens with zero attached hydrogens (tertiary/aromatic N) is 15. The van der Waals surface area contributed by atoms with Crippen LogP contribution in [0.25, 0.3) is 16.9 Å². The Hall–Kier alpha value is -9.07. The van der Waals surface area contributed by atoms with E-state index in [9.17, 15) is 35.3 Å². The standard InChI is InChI=1S/C32H33N5O5.C21H24N6O2.C12H14N6O4.C4H9NSi.C2H5BF.C2H6O.BCl3.F2/c1-31(41-20-25-15-9-4-10-16-25)28(40-19-24-13-7-3-8-14-24)26(21-39-18-23-11-5-2-6-12-23)42-32(31,38)27-17-34-30-29(33)35-22-36-37(27)30;1-4-16-14(2)20(3,28-11-15-8-6-5-7-9-15)21(12-22,29-16)17-10-24-19-18(23)25-13-26-27(17)19;1-11(21)8(20)6(3-19)22-12(11,4-13)7-2-15-10-9(14)16-5-17-18(7)10;1-6(2,3)4-5;1-2-3-4;1-2-3;2-1(3)4;1-2/h2-17,22,26,28,38H,18-21H2,1H3,(H2,33,35,36);5-10,13-14,16H,4,11H2,1-3H3,(H2,23,25,26);2,5-6,8,19-21H,3H2,1H3,(H2,14,16,17);1-3H3;2H2,1H3;3H,2H2,1H3;;/t26-,28-,31-,32?;14-,16-,20-,21?;6-,8-,11-,12+;;;;;/m111...../s1. The minimum atomic E-state index is -2.05. The fraction of sp³-hybridized carbons (Fsp3) is 0.425. The number of hydrogen-bond donors (Lipinski definition) is 8. The van der Waals surface area contributed by atoms with Gasteiger partial charge in [-0.05, 0) is 62.7 Å². The first kappa shape index (κ1) is 91.8. The number of imidazole rings is 3. The average molecular weight is 1630 g/mol. The molecular weight excluding hydrogens is 1530 g/mol. The molecule has 3 saturated heterocycles. The van der Waals surface area contributed by atoms with Crippen molar-refractivity contribution in [2.75, 3.05) is 37.0 Å². The van der Waals surface area contributed by atoms with Crippen LogP contribution in [0.1, 0.15) is 94.2 Å². The topological polar surface area (TPSA) is 444 Å². The zero-order chi connectivity index (χ0) is 82.7. The van der Waals surface area contributed by atoms with E-state index in [1.54, 1.807) is 27.0 Å². The van der Waals surface area contributed by atoms with Gasteiger partial charge in [-0.15, -0.1) is 0 Å². The van der Waals surface area contributed by atoms with Crippen molar-refractivity contribution in [3.8, 4) is 17.8 Å². The van der Waals surface area contributed by atoms with Gasteiger partial charge in [0.2, 0.25) is 17.0 Å². The second-order valence-corrected chi connectivity index (χ2v) is 33.4. The van der Waals surface area contributed by atoms with E-state index >= 15 is 0 Å². The first-order valence-electron chi connectivity index (χ1n) is 35.0. The van der Waals surface area contributed by atoms with Crippen LogP contribution >= 0.6 is 34.4 Å². The van der Waals surface area contributed by atoms with E-state index in [1.165, 1.54) is 51.8 Å². The maximum absolute atomic E-state index is 12.5. The highest BCUT2D eigenvalue weighted by molar-refractivity contribution is 7.54. The second-order valence-electron chi connectivity index (χ2n) is 26.7. The molecule has 9 heterocycles. The van der Waals surface area contributed by atoms with Crippen molar-refractivity contribution in [1.29, 1.82) is 15.8 Å². The van der Waals surface area contributed by atoms with E-state index in [4.69, 9.17) is 104 Å². The number of nitriles is 3. The molecule has 3 aliphatic heterocycles. The van der Waals surface area contributed by atoms with E-state index in [-0.39, 0.29) is 72.9 Å². The molecule has 0 aliphatic carbocycles. The fourth-order valence-electron chi connectivity index (χ4n) is 12.2. The van der Waals surface area contributed by atoms with Crippen LogP contribution in [0.4, 0.5) is 30.9 Å². The number of nitrogen functional groups attached to an aromatic ring is 3. The summed E-state index contributed by atoms with van der Waals surface area (Å²) >= 11 is 14.4. The second kappa shape index (κ2) is 42.2. The predicted octanol–water partition coefficient (Wildman–Crippen LogP) is 9.73. The van der Waals surface area contributed by atoms with Gasteiger partial charge in [0.1, 0.15) is 83.8 Å². The largest absolute Gasteiger partial charge is 0.450 e. The lowest BCUT2D eigenvalue weighted by molar-refractivity contribution is -0.294. The summed E-state index contributed by atoms with van der Waals surface area (Å²) < 4.78 is 74.9. The summed E-state index contributed by atoms with van der Waals surface area (Å²) in [6, 6.07) is 43.6. The van der Waals surface area contributed by atoms with Gasteiger partial charge in [0.05, 0.1) is 64.3 Å². The predicted molar refractivity (Wildman–Crippen MR) is 417 cm³/mol. The minimum Gasteiger partial charge on any atom is -0.397 e. The zero-order valence-electron chi connectivity index (χ0n) is 63.3. The van der Waals surface area contributed by atoms with Crippen molar-refractivity contribution in [3.05, 3.63) is 198 Å². The number of hydrogen-bond acceptors (Lipinski definition) is 27. The third-order valence-electron chi connectivity index (χ3n) is 18.2. The van der Waals surface area contributed by atoms with E-state index in [2.05, 4.69) is 63.9 Å². The normalized spacial score (nSPS) is 24.6. The van der Waals surface area contributed by atoms with Crippen LogP contribution in [0.15, 0.2) is 159 Å². The van der Waals surface area contributed by atoms with Crippen molar-refractivity contribution >= 4 is 89.4 Å². The average Bonchev–Trinajstić information content (AvgIpc) is 1.57. The number of anilines is 3.